The lowest BCUT2D eigenvalue weighted by Crippen LogP contribution is -2.51. The van der Waals surface area contributed by atoms with Crippen LogP contribution >= 0.6 is 0 Å². The third kappa shape index (κ3) is 5.58. The van der Waals surface area contributed by atoms with Crippen molar-refractivity contribution in [2.45, 2.75) is 124 Å². The second-order valence-corrected chi connectivity index (χ2v) is 13.9. The van der Waals surface area contributed by atoms with Crippen LogP contribution in [-0.4, -0.2) is 33.0 Å². The van der Waals surface area contributed by atoms with E-state index >= 15 is 0 Å². The predicted octanol–water partition coefficient (Wildman–Crippen LogP) is 7.57. The van der Waals surface area contributed by atoms with Gasteiger partial charge in [-0.2, -0.15) is 0 Å². The fraction of sp³-hybridized carbons (Fsp3) is 0.938. The van der Waals surface area contributed by atoms with Gasteiger partial charge in [0, 0.05) is 6.61 Å². The number of allylic oxidation sites excluding steroid dienone is 1. The van der Waals surface area contributed by atoms with Crippen molar-refractivity contribution in [1.82, 2.24) is 10.6 Å². The average Bonchev–Trinajstić information content (AvgIpc) is 3.19. The van der Waals surface area contributed by atoms with Crippen LogP contribution in [-0.2, 0) is 4.74 Å². The number of ether oxygens (including phenoxy) is 1. The standard InChI is InChI=1S/C32H58N2O/c1-22(2)9-8-10-23(3)27-13-14-28-26-12-11-24-21-25(35-20-17-30(33-6)34-7)15-18-31(24,4)29(26)16-19-32(27,28)5/h11,22-23,25-30,33-34H,8-10,12-21H2,1-7H3/t23-,25+,26+,27-,28+,29+,31+,32-/m1/s1. The van der Waals surface area contributed by atoms with Gasteiger partial charge in [0.25, 0.3) is 0 Å². The van der Waals surface area contributed by atoms with Crippen LogP contribution in [0, 0.1) is 46.3 Å². The van der Waals surface area contributed by atoms with Crippen LogP contribution in [0.2, 0.25) is 0 Å². The molecular formula is C32H58N2O. The highest BCUT2D eigenvalue weighted by Crippen LogP contribution is 2.67. The smallest absolute Gasteiger partial charge is 0.0612 e. The van der Waals surface area contributed by atoms with Gasteiger partial charge in [0.2, 0.25) is 0 Å². The fourth-order valence-corrected chi connectivity index (χ4v) is 9.58. The van der Waals surface area contributed by atoms with E-state index in [2.05, 4.69) is 51.3 Å². The van der Waals surface area contributed by atoms with Crippen LogP contribution in [0.25, 0.3) is 0 Å². The largest absolute Gasteiger partial charge is 0.378 e. The molecule has 8 atom stereocenters. The van der Waals surface area contributed by atoms with Gasteiger partial charge in [0.15, 0.2) is 0 Å². The number of hydrogen-bond donors (Lipinski definition) is 2. The van der Waals surface area contributed by atoms with Gasteiger partial charge in [-0.15, -0.1) is 0 Å². The van der Waals surface area contributed by atoms with Crippen LogP contribution in [0.5, 0.6) is 0 Å². The molecule has 3 saturated carbocycles. The van der Waals surface area contributed by atoms with E-state index in [1.54, 1.807) is 5.57 Å². The molecule has 0 saturated heterocycles. The summed E-state index contributed by atoms with van der Waals surface area (Å²) in [4.78, 5) is 0. The zero-order valence-electron chi connectivity index (χ0n) is 24.3. The number of fused-ring (bicyclic) bond motifs is 5. The molecule has 0 aliphatic heterocycles. The Kier molecular flexibility index (Phi) is 9.14. The zero-order valence-corrected chi connectivity index (χ0v) is 24.3. The Morgan fingerprint density at radius 3 is 2.43 bits per heavy atom. The van der Waals surface area contributed by atoms with Crippen LogP contribution in [0.15, 0.2) is 11.6 Å². The molecule has 4 aliphatic carbocycles. The maximum atomic E-state index is 6.40. The monoisotopic (exact) mass is 486 g/mol. The van der Waals surface area contributed by atoms with Crippen molar-refractivity contribution in [1.29, 1.82) is 0 Å². The first kappa shape index (κ1) is 27.6. The molecule has 0 radical (unpaired) electrons. The summed E-state index contributed by atoms with van der Waals surface area (Å²) < 4.78 is 6.40. The lowest BCUT2D eigenvalue weighted by Gasteiger charge is -2.58. The summed E-state index contributed by atoms with van der Waals surface area (Å²) in [5, 5.41) is 6.63. The molecule has 0 unspecified atom stereocenters. The first-order valence-electron chi connectivity index (χ1n) is 15.4. The molecular weight excluding hydrogens is 428 g/mol. The minimum atomic E-state index is 0.350. The summed E-state index contributed by atoms with van der Waals surface area (Å²) in [5.41, 5.74) is 2.79. The maximum absolute atomic E-state index is 6.40. The van der Waals surface area contributed by atoms with Crippen molar-refractivity contribution in [2.75, 3.05) is 20.7 Å². The second-order valence-electron chi connectivity index (χ2n) is 13.9. The van der Waals surface area contributed by atoms with E-state index in [0.29, 0.717) is 23.1 Å². The normalized spacial score (nSPS) is 39.8. The Morgan fingerprint density at radius 1 is 0.943 bits per heavy atom. The van der Waals surface area contributed by atoms with Crippen molar-refractivity contribution in [3.8, 4) is 0 Å². The summed E-state index contributed by atoms with van der Waals surface area (Å²) in [5.74, 6) is 5.52. The van der Waals surface area contributed by atoms with Crippen LogP contribution < -0.4 is 10.6 Å². The Bertz CT molecular complexity index is 714. The molecule has 3 fully saturated rings. The van der Waals surface area contributed by atoms with E-state index in [1.165, 1.54) is 70.6 Å². The minimum absolute atomic E-state index is 0.350. The topological polar surface area (TPSA) is 33.3 Å². The Hall–Kier alpha value is -0.380. The van der Waals surface area contributed by atoms with Crippen molar-refractivity contribution >= 4 is 0 Å². The summed E-state index contributed by atoms with van der Waals surface area (Å²) in [6.07, 6.45) is 19.9. The van der Waals surface area contributed by atoms with Gasteiger partial charge in [0.1, 0.15) is 0 Å². The first-order valence-corrected chi connectivity index (χ1v) is 15.4. The molecule has 0 amide bonds. The summed E-state index contributed by atoms with van der Waals surface area (Å²) in [6.45, 7) is 13.6. The van der Waals surface area contributed by atoms with Crippen molar-refractivity contribution in [2.24, 2.45) is 46.3 Å². The summed E-state index contributed by atoms with van der Waals surface area (Å²) >= 11 is 0. The molecule has 0 aromatic carbocycles. The first-order chi connectivity index (χ1) is 16.7. The molecule has 0 heterocycles. The van der Waals surface area contributed by atoms with Crippen LogP contribution in [0.1, 0.15) is 112 Å². The molecule has 4 aliphatic rings. The molecule has 0 aromatic heterocycles. The van der Waals surface area contributed by atoms with Crippen molar-refractivity contribution < 1.29 is 4.74 Å². The Balaban J connectivity index is 1.38. The van der Waals surface area contributed by atoms with Crippen molar-refractivity contribution in [3.05, 3.63) is 11.6 Å². The van der Waals surface area contributed by atoms with E-state index < -0.39 is 0 Å². The van der Waals surface area contributed by atoms with Crippen LogP contribution in [0.4, 0.5) is 0 Å². The predicted molar refractivity (Wildman–Crippen MR) is 149 cm³/mol. The second kappa shape index (κ2) is 11.6. The molecule has 3 heteroatoms. The highest BCUT2D eigenvalue weighted by Gasteiger charge is 2.59. The number of nitrogens with one attached hydrogen (secondary N) is 2. The molecule has 4 rings (SSSR count). The fourth-order valence-electron chi connectivity index (χ4n) is 9.58. The third-order valence-electron chi connectivity index (χ3n) is 11.7. The van der Waals surface area contributed by atoms with E-state index in [4.69, 9.17) is 4.74 Å². The van der Waals surface area contributed by atoms with Gasteiger partial charge in [-0.25, -0.2) is 0 Å². The SMILES string of the molecule is CNC(CCO[C@H]1CC[C@@]2(C)C(=CC[C@H]3[C@@H]4CC[C@H]([C@H](C)CCCC(C)C)[C@@]4(C)CC[C@@H]32)C1)NC. The molecule has 0 bridgehead atoms. The quantitative estimate of drug-likeness (QED) is 0.233. The number of rotatable bonds is 11. The molecule has 0 spiro atoms. The van der Waals surface area contributed by atoms with Crippen molar-refractivity contribution in [3.63, 3.8) is 0 Å². The lowest BCUT2D eigenvalue weighted by molar-refractivity contribution is -0.0644. The van der Waals surface area contributed by atoms with Gasteiger partial charge in [0.05, 0.1) is 12.3 Å². The van der Waals surface area contributed by atoms with E-state index in [1.807, 2.05) is 14.1 Å². The van der Waals surface area contributed by atoms with Gasteiger partial charge in [-0.3, -0.25) is 0 Å². The van der Waals surface area contributed by atoms with E-state index in [-0.39, 0.29) is 0 Å². The molecule has 3 nitrogen and oxygen atoms in total. The Labute approximate surface area is 218 Å². The highest BCUT2D eigenvalue weighted by molar-refractivity contribution is 5.25. The van der Waals surface area contributed by atoms with Gasteiger partial charge in [-0.05, 0) is 118 Å². The lowest BCUT2D eigenvalue weighted by atomic mass is 9.47. The van der Waals surface area contributed by atoms with E-state index in [0.717, 1.165) is 48.5 Å². The van der Waals surface area contributed by atoms with Gasteiger partial charge < -0.3 is 15.4 Å². The molecule has 2 N–H and O–H groups in total. The molecule has 35 heavy (non-hydrogen) atoms. The molecule has 202 valence electrons. The molecule has 0 aromatic rings. The average molecular weight is 487 g/mol. The Morgan fingerprint density at radius 2 is 1.71 bits per heavy atom. The maximum Gasteiger partial charge on any atom is 0.0612 e. The van der Waals surface area contributed by atoms with Gasteiger partial charge in [-0.1, -0.05) is 65.5 Å². The zero-order chi connectivity index (χ0) is 25.2. The number of hydrogen-bond acceptors (Lipinski definition) is 3. The highest BCUT2D eigenvalue weighted by atomic mass is 16.5. The summed E-state index contributed by atoms with van der Waals surface area (Å²) in [7, 11) is 4.04. The summed E-state index contributed by atoms with van der Waals surface area (Å²) in [6, 6.07) is 0. The van der Waals surface area contributed by atoms with E-state index in [9.17, 15) is 0 Å². The minimum Gasteiger partial charge on any atom is -0.378 e. The van der Waals surface area contributed by atoms with Gasteiger partial charge >= 0.3 is 0 Å². The van der Waals surface area contributed by atoms with Crippen LogP contribution in [0.3, 0.4) is 0 Å². The third-order valence-corrected chi connectivity index (χ3v) is 11.7.